The standard InChI is InChI=1S/C17H21NO2/c1-11(2)15-16(20)18-14(19)10-17(15)8-7-12-5-3-4-6-13(12)9-17/h3-6,11,15H,7-10H2,1-2H3,(H,18,19,20). The van der Waals surface area contributed by atoms with E-state index in [1.165, 1.54) is 11.1 Å². The van der Waals surface area contributed by atoms with E-state index in [1.807, 2.05) is 6.07 Å². The van der Waals surface area contributed by atoms with Gasteiger partial charge in [-0.3, -0.25) is 14.9 Å². The first kappa shape index (κ1) is 13.3. The smallest absolute Gasteiger partial charge is 0.230 e. The number of imide groups is 1. The second-order valence-electron chi connectivity index (χ2n) is 6.62. The van der Waals surface area contributed by atoms with Gasteiger partial charge in [0.05, 0.1) is 0 Å². The molecule has 1 aromatic carbocycles. The molecule has 1 heterocycles. The Morgan fingerprint density at radius 2 is 1.85 bits per heavy atom. The topological polar surface area (TPSA) is 46.2 Å². The van der Waals surface area contributed by atoms with E-state index < -0.39 is 0 Å². The van der Waals surface area contributed by atoms with Crippen molar-refractivity contribution < 1.29 is 9.59 Å². The Kier molecular flexibility index (Phi) is 3.15. The third-order valence-corrected chi connectivity index (χ3v) is 4.94. The molecule has 2 unspecified atom stereocenters. The first-order valence-electron chi connectivity index (χ1n) is 7.42. The number of fused-ring (bicyclic) bond motifs is 1. The zero-order valence-electron chi connectivity index (χ0n) is 12.1. The van der Waals surface area contributed by atoms with Gasteiger partial charge >= 0.3 is 0 Å². The Hall–Kier alpha value is -1.64. The van der Waals surface area contributed by atoms with E-state index in [1.54, 1.807) is 0 Å². The fourth-order valence-corrected chi connectivity index (χ4v) is 4.22. The number of hydrogen-bond donors (Lipinski definition) is 1. The number of carbonyl (C=O) groups excluding carboxylic acids is 2. The average molecular weight is 271 g/mol. The third-order valence-electron chi connectivity index (χ3n) is 4.94. The molecule has 1 aliphatic heterocycles. The first-order valence-corrected chi connectivity index (χ1v) is 7.42. The van der Waals surface area contributed by atoms with Gasteiger partial charge in [0.25, 0.3) is 0 Å². The summed E-state index contributed by atoms with van der Waals surface area (Å²) in [5.41, 5.74) is 2.51. The summed E-state index contributed by atoms with van der Waals surface area (Å²) >= 11 is 0. The molecular formula is C17H21NO2. The fourth-order valence-electron chi connectivity index (χ4n) is 4.22. The van der Waals surface area contributed by atoms with Gasteiger partial charge in [0.2, 0.25) is 11.8 Å². The summed E-state index contributed by atoms with van der Waals surface area (Å²) in [4.78, 5) is 24.2. The lowest BCUT2D eigenvalue weighted by atomic mass is 9.58. The van der Waals surface area contributed by atoms with Crippen molar-refractivity contribution in [3.05, 3.63) is 35.4 Å². The van der Waals surface area contributed by atoms with Crippen LogP contribution < -0.4 is 5.32 Å². The summed E-state index contributed by atoms with van der Waals surface area (Å²) in [6, 6.07) is 8.42. The number of aryl methyl sites for hydroxylation is 1. The third kappa shape index (κ3) is 2.05. The van der Waals surface area contributed by atoms with Crippen LogP contribution >= 0.6 is 0 Å². The quantitative estimate of drug-likeness (QED) is 0.798. The molecule has 3 nitrogen and oxygen atoms in total. The number of amides is 2. The van der Waals surface area contributed by atoms with E-state index in [4.69, 9.17) is 0 Å². The summed E-state index contributed by atoms with van der Waals surface area (Å²) in [6.45, 7) is 4.17. The highest BCUT2D eigenvalue weighted by molar-refractivity contribution is 6.00. The van der Waals surface area contributed by atoms with Crippen LogP contribution in [0.4, 0.5) is 0 Å². The minimum absolute atomic E-state index is 0.0615. The SMILES string of the molecule is CC(C)C1C(=O)NC(=O)CC12CCc1ccccc1C2. The molecule has 3 heteroatoms. The normalized spacial score (nSPS) is 29.4. The summed E-state index contributed by atoms with van der Waals surface area (Å²) < 4.78 is 0. The average Bonchev–Trinajstić information content (AvgIpc) is 2.36. The molecule has 2 atom stereocenters. The number of rotatable bonds is 1. The van der Waals surface area contributed by atoms with Crippen LogP contribution in [0.25, 0.3) is 0 Å². The second-order valence-corrected chi connectivity index (χ2v) is 6.62. The Labute approximate surface area is 119 Å². The maximum atomic E-state index is 12.3. The van der Waals surface area contributed by atoms with Gasteiger partial charge in [0, 0.05) is 12.3 Å². The maximum absolute atomic E-state index is 12.3. The number of carbonyl (C=O) groups is 2. The molecule has 3 rings (SSSR count). The van der Waals surface area contributed by atoms with Crippen LogP contribution in [-0.2, 0) is 22.4 Å². The van der Waals surface area contributed by atoms with Gasteiger partial charge in [-0.25, -0.2) is 0 Å². The Morgan fingerprint density at radius 3 is 2.55 bits per heavy atom. The lowest BCUT2D eigenvalue weighted by molar-refractivity contribution is -0.146. The van der Waals surface area contributed by atoms with Gasteiger partial charge in [-0.15, -0.1) is 0 Å². The highest BCUT2D eigenvalue weighted by Crippen LogP contribution is 2.48. The van der Waals surface area contributed by atoms with Gasteiger partial charge in [-0.05, 0) is 41.7 Å². The molecule has 0 aromatic heterocycles. The minimum atomic E-state index is -0.179. The lowest BCUT2D eigenvalue weighted by Gasteiger charge is -2.47. The highest BCUT2D eigenvalue weighted by Gasteiger charge is 2.50. The van der Waals surface area contributed by atoms with Gasteiger partial charge in [-0.1, -0.05) is 38.1 Å². The second kappa shape index (κ2) is 4.72. The lowest BCUT2D eigenvalue weighted by Crippen LogP contribution is -2.55. The zero-order valence-corrected chi connectivity index (χ0v) is 12.1. The zero-order chi connectivity index (χ0) is 14.3. The maximum Gasteiger partial charge on any atom is 0.230 e. The van der Waals surface area contributed by atoms with Crippen molar-refractivity contribution >= 4 is 11.8 Å². The van der Waals surface area contributed by atoms with E-state index in [9.17, 15) is 9.59 Å². The van der Waals surface area contributed by atoms with Crippen LogP contribution in [0.1, 0.15) is 37.8 Å². The van der Waals surface area contributed by atoms with Crippen LogP contribution in [-0.4, -0.2) is 11.8 Å². The molecule has 1 fully saturated rings. The van der Waals surface area contributed by atoms with Crippen LogP contribution in [0.2, 0.25) is 0 Å². The van der Waals surface area contributed by atoms with Gasteiger partial charge in [-0.2, -0.15) is 0 Å². The number of nitrogens with one attached hydrogen (secondary N) is 1. The Balaban J connectivity index is 2.01. The predicted molar refractivity (Wildman–Crippen MR) is 77.0 cm³/mol. The largest absolute Gasteiger partial charge is 0.296 e. The Morgan fingerprint density at radius 1 is 1.15 bits per heavy atom. The summed E-state index contributed by atoms with van der Waals surface area (Å²) in [6.07, 6.45) is 3.24. The van der Waals surface area contributed by atoms with Crippen molar-refractivity contribution in [2.45, 2.75) is 39.5 Å². The predicted octanol–water partition coefficient (Wildman–Crippen LogP) is 2.48. The van der Waals surface area contributed by atoms with E-state index in [0.717, 1.165) is 19.3 Å². The number of piperidine rings is 1. The molecular weight excluding hydrogens is 250 g/mol. The molecule has 1 spiro atoms. The van der Waals surface area contributed by atoms with Crippen molar-refractivity contribution in [1.29, 1.82) is 0 Å². The molecule has 0 radical (unpaired) electrons. The summed E-state index contributed by atoms with van der Waals surface area (Å²) in [7, 11) is 0. The van der Waals surface area contributed by atoms with Crippen LogP contribution in [0.15, 0.2) is 24.3 Å². The molecule has 20 heavy (non-hydrogen) atoms. The molecule has 1 N–H and O–H groups in total. The minimum Gasteiger partial charge on any atom is -0.296 e. The first-order chi connectivity index (χ1) is 9.52. The van der Waals surface area contributed by atoms with E-state index in [-0.39, 0.29) is 29.1 Å². The molecule has 0 bridgehead atoms. The van der Waals surface area contributed by atoms with Gasteiger partial charge < -0.3 is 0 Å². The van der Waals surface area contributed by atoms with E-state index in [2.05, 4.69) is 37.4 Å². The van der Waals surface area contributed by atoms with E-state index >= 15 is 0 Å². The molecule has 1 saturated heterocycles. The molecule has 0 saturated carbocycles. The van der Waals surface area contributed by atoms with Crippen molar-refractivity contribution in [2.75, 3.05) is 0 Å². The van der Waals surface area contributed by atoms with Gasteiger partial charge in [0.15, 0.2) is 0 Å². The number of benzene rings is 1. The Bertz CT molecular complexity index is 564. The van der Waals surface area contributed by atoms with Crippen molar-refractivity contribution in [2.24, 2.45) is 17.3 Å². The van der Waals surface area contributed by atoms with Crippen LogP contribution in [0.3, 0.4) is 0 Å². The van der Waals surface area contributed by atoms with Crippen molar-refractivity contribution in [1.82, 2.24) is 5.32 Å². The summed E-state index contributed by atoms with van der Waals surface area (Å²) in [5.74, 6) is 0.0174. The van der Waals surface area contributed by atoms with Crippen molar-refractivity contribution in [3.8, 4) is 0 Å². The molecule has 2 aliphatic rings. The van der Waals surface area contributed by atoms with Gasteiger partial charge in [0.1, 0.15) is 0 Å². The fraction of sp³-hybridized carbons (Fsp3) is 0.529. The molecule has 1 aromatic rings. The molecule has 1 aliphatic carbocycles. The highest BCUT2D eigenvalue weighted by atomic mass is 16.2. The monoisotopic (exact) mass is 271 g/mol. The van der Waals surface area contributed by atoms with Crippen molar-refractivity contribution in [3.63, 3.8) is 0 Å². The van der Waals surface area contributed by atoms with Crippen LogP contribution in [0, 0.1) is 17.3 Å². The molecule has 106 valence electrons. The summed E-state index contributed by atoms with van der Waals surface area (Å²) in [5, 5.41) is 2.53. The van der Waals surface area contributed by atoms with Crippen LogP contribution in [0.5, 0.6) is 0 Å². The van der Waals surface area contributed by atoms with E-state index in [0.29, 0.717) is 6.42 Å². The molecule has 2 amide bonds. The number of hydrogen-bond acceptors (Lipinski definition) is 2.